The highest BCUT2D eigenvalue weighted by atomic mass is 35.5. The number of carbonyl (C=O) groups is 1. The molecule has 2 atom stereocenters. The SMILES string of the molecule is CCOC(=O)C(F)[C@@H](N)c1ccc(Cl)cc1C(F)(F)F. The second-order valence-corrected chi connectivity index (χ2v) is 4.35. The molecule has 1 aromatic rings. The van der Waals surface area contributed by atoms with Gasteiger partial charge in [0, 0.05) is 5.02 Å². The van der Waals surface area contributed by atoms with Crippen LogP contribution in [0.2, 0.25) is 5.02 Å². The van der Waals surface area contributed by atoms with Crippen molar-refractivity contribution in [2.24, 2.45) is 5.73 Å². The monoisotopic (exact) mass is 313 g/mol. The lowest BCUT2D eigenvalue weighted by atomic mass is 9.97. The zero-order valence-corrected chi connectivity index (χ0v) is 11.1. The summed E-state index contributed by atoms with van der Waals surface area (Å²) in [5.41, 5.74) is 3.67. The molecule has 20 heavy (non-hydrogen) atoms. The van der Waals surface area contributed by atoms with Crippen molar-refractivity contribution in [1.82, 2.24) is 0 Å². The lowest BCUT2D eigenvalue weighted by Crippen LogP contribution is -2.33. The highest BCUT2D eigenvalue weighted by molar-refractivity contribution is 6.30. The summed E-state index contributed by atoms with van der Waals surface area (Å²) in [5.74, 6) is -1.30. The Morgan fingerprint density at radius 1 is 1.45 bits per heavy atom. The van der Waals surface area contributed by atoms with Gasteiger partial charge in [-0.3, -0.25) is 0 Å². The van der Waals surface area contributed by atoms with Gasteiger partial charge in [0.05, 0.1) is 18.2 Å². The molecule has 0 saturated carbocycles. The molecule has 1 rings (SSSR count). The third kappa shape index (κ3) is 3.83. The molecule has 1 aromatic carbocycles. The van der Waals surface area contributed by atoms with Gasteiger partial charge in [-0.1, -0.05) is 17.7 Å². The molecule has 0 spiro atoms. The number of carbonyl (C=O) groups excluding carboxylic acids is 1. The molecular weight excluding hydrogens is 302 g/mol. The van der Waals surface area contributed by atoms with Gasteiger partial charge in [0.25, 0.3) is 0 Å². The van der Waals surface area contributed by atoms with Crippen LogP contribution in [-0.2, 0) is 15.7 Å². The molecule has 0 fully saturated rings. The molecule has 0 aliphatic rings. The van der Waals surface area contributed by atoms with Crippen molar-refractivity contribution in [1.29, 1.82) is 0 Å². The van der Waals surface area contributed by atoms with Crippen molar-refractivity contribution < 1.29 is 27.1 Å². The molecule has 0 radical (unpaired) electrons. The fourth-order valence-electron chi connectivity index (χ4n) is 1.59. The Morgan fingerprint density at radius 2 is 2.05 bits per heavy atom. The van der Waals surface area contributed by atoms with Crippen LogP contribution in [0.4, 0.5) is 17.6 Å². The summed E-state index contributed by atoms with van der Waals surface area (Å²) in [7, 11) is 0. The van der Waals surface area contributed by atoms with Crippen LogP contribution in [0.15, 0.2) is 18.2 Å². The van der Waals surface area contributed by atoms with Crippen LogP contribution < -0.4 is 5.73 Å². The summed E-state index contributed by atoms with van der Waals surface area (Å²) in [4.78, 5) is 11.2. The molecule has 0 aliphatic carbocycles. The Kier molecular flexibility index (Phi) is 5.35. The maximum absolute atomic E-state index is 13.7. The maximum atomic E-state index is 13.7. The Hall–Kier alpha value is -1.34. The summed E-state index contributed by atoms with van der Waals surface area (Å²) < 4.78 is 56.7. The molecule has 8 heteroatoms. The van der Waals surface area contributed by atoms with Gasteiger partial charge in [-0.15, -0.1) is 0 Å². The van der Waals surface area contributed by atoms with Crippen molar-refractivity contribution >= 4 is 17.6 Å². The maximum Gasteiger partial charge on any atom is 0.416 e. The molecular formula is C12H12ClF4NO2. The van der Waals surface area contributed by atoms with Crippen LogP contribution in [0.3, 0.4) is 0 Å². The number of ether oxygens (including phenoxy) is 1. The largest absolute Gasteiger partial charge is 0.464 e. The van der Waals surface area contributed by atoms with Crippen LogP contribution in [0.5, 0.6) is 0 Å². The van der Waals surface area contributed by atoms with E-state index < -0.39 is 35.5 Å². The van der Waals surface area contributed by atoms with Gasteiger partial charge in [0.15, 0.2) is 0 Å². The second kappa shape index (κ2) is 6.41. The molecule has 0 saturated heterocycles. The minimum absolute atomic E-state index is 0.0985. The predicted octanol–water partition coefficient (Wildman–Crippen LogP) is 3.26. The number of rotatable bonds is 4. The van der Waals surface area contributed by atoms with Crippen LogP contribution in [0.1, 0.15) is 24.1 Å². The number of nitrogens with two attached hydrogens (primary N) is 1. The number of hydrogen-bond acceptors (Lipinski definition) is 3. The van der Waals surface area contributed by atoms with E-state index in [9.17, 15) is 22.4 Å². The van der Waals surface area contributed by atoms with Gasteiger partial charge in [0.1, 0.15) is 0 Å². The fraction of sp³-hybridized carbons (Fsp3) is 0.417. The van der Waals surface area contributed by atoms with E-state index in [0.29, 0.717) is 6.07 Å². The minimum Gasteiger partial charge on any atom is -0.464 e. The van der Waals surface area contributed by atoms with Crippen LogP contribution >= 0.6 is 11.6 Å². The third-order valence-electron chi connectivity index (χ3n) is 2.51. The van der Waals surface area contributed by atoms with E-state index in [2.05, 4.69) is 4.74 Å². The minimum atomic E-state index is -4.76. The predicted molar refractivity (Wildman–Crippen MR) is 64.9 cm³/mol. The van der Waals surface area contributed by atoms with E-state index >= 15 is 0 Å². The van der Waals surface area contributed by atoms with E-state index in [1.165, 1.54) is 6.92 Å². The molecule has 0 bridgehead atoms. The van der Waals surface area contributed by atoms with Crippen molar-refractivity contribution in [3.8, 4) is 0 Å². The van der Waals surface area contributed by atoms with Gasteiger partial charge in [-0.2, -0.15) is 13.2 Å². The summed E-state index contributed by atoms with van der Waals surface area (Å²) in [6, 6.07) is 0.933. The first kappa shape index (κ1) is 16.7. The molecule has 0 aromatic heterocycles. The average Bonchev–Trinajstić information content (AvgIpc) is 2.36. The smallest absolute Gasteiger partial charge is 0.416 e. The Balaban J connectivity index is 3.16. The van der Waals surface area contributed by atoms with Gasteiger partial charge < -0.3 is 10.5 Å². The number of hydrogen-bond donors (Lipinski definition) is 1. The lowest BCUT2D eigenvalue weighted by molar-refractivity contribution is -0.150. The van der Waals surface area contributed by atoms with Gasteiger partial charge in [0.2, 0.25) is 6.17 Å². The highest BCUT2D eigenvalue weighted by Gasteiger charge is 2.38. The highest BCUT2D eigenvalue weighted by Crippen LogP contribution is 2.37. The van der Waals surface area contributed by atoms with E-state index in [0.717, 1.165) is 12.1 Å². The van der Waals surface area contributed by atoms with Gasteiger partial charge in [-0.05, 0) is 24.6 Å². The van der Waals surface area contributed by atoms with Crippen molar-refractivity contribution in [3.05, 3.63) is 34.3 Å². The molecule has 112 valence electrons. The van der Waals surface area contributed by atoms with Crippen molar-refractivity contribution in [2.75, 3.05) is 6.61 Å². The molecule has 2 N–H and O–H groups in total. The second-order valence-electron chi connectivity index (χ2n) is 3.91. The summed E-state index contributed by atoms with van der Waals surface area (Å²) >= 11 is 5.49. The first-order chi connectivity index (χ1) is 9.18. The van der Waals surface area contributed by atoms with Gasteiger partial charge in [-0.25, -0.2) is 9.18 Å². The Bertz CT molecular complexity index is 493. The number of alkyl halides is 4. The van der Waals surface area contributed by atoms with E-state index in [-0.39, 0.29) is 11.6 Å². The Morgan fingerprint density at radius 3 is 2.55 bits per heavy atom. The lowest BCUT2D eigenvalue weighted by Gasteiger charge is -2.20. The Labute approximate surface area is 117 Å². The zero-order valence-electron chi connectivity index (χ0n) is 10.4. The van der Waals surface area contributed by atoms with Crippen LogP contribution in [0, 0.1) is 0 Å². The van der Waals surface area contributed by atoms with Crippen molar-refractivity contribution in [3.63, 3.8) is 0 Å². The molecule has 3 nitrogen and oxygen atoms in total. The van der Waals surface area contributed by atoms with Gasteiger partial charge >= 0.3 is 12.1 Å². The number of halogens is 5. The summed E-state index contributed by atoms with van der Waals surface area (Å²) in [6.45, 7) is 1.35. The summed E-state index contributed by atoms with van der Waals surface area (Å²) in [6.07, 6.45) is -7.15. The van der Waals surface area contributed by atoms with E-state index in [1.807, 2.05) is 0 Å². The van der Waals surface area contributed by atoms with Crippen LogP contribution in [-0.4, -0.2) is 18.7 Å². The zero-order chi connectivity index (χ0) is 15.5. The fourth-order valence-corrected chi connectivity index (χ4v) is 1.76. The molecule has 1 unspecified atom stereocenters. The standard InChI is InChI=1S/C12H12ClF4NO2/c1-2-20-11(19)9(14)10(18)7-4-3-6(13)5-8(7)12(15,16)17/h3-5,9-10H,2,18H2,1H3/t9?,10-/m0/s1. The third-order valence-corrected chi connectivity index (χ3v) is 2.74. The first-order valence-electron chi connectivity index (χ1n) is 5.61. The van der Waals surface area contributed by atoms with Crippen LogP contribution in [0.25, 0.3) is 0 Å². The van der Waals surface area contributed by atoms with E-state index in [1.54, 1.807) is 0 Å². The van der Waals surface area contributed by atoms with Crippen molar-refractivity contribution in [2.45, 2.75) is 25.3 Å². The number of esters is 1. The molecule has 0 heterocycles. The topological polar surface area (TPSA) is 52.3 Å². The first-order valence-corrected chi connectivity index (χ1v) is 5.99. The quantitative estimate of drug-likeness (QED) is 0.685. The number of benzene rings is 1. The normalized spacial score (nSPS) is 14.8. The molecule has 0 amide bonds. The van der Waals surface area contributed by atoms with E-state index in [4.69, 9.17) is 17.3 Å². The summed E-state index contributed by atoms with van der Waals surface area (Å²) in [5, 5.41) is -0.167. The average molecular weight is 314 g/mol. The molecule has 0 aliphatic heterocycles.